The topological polar surface area (TPSA) is 27.7 Å². The highest BCUT2D eigenvalue weighted by atomic mass is 16.7. The lowest BCUT2D eigenvalue weighted by atomic mass is 10.0. The summed E-state index contributed by atoms with van der Waals surface area (Å²) in [4.78, 5) is 0. The van der Waals surface area contributed by atoms with E-state index in [0.29, 0.717) is 19.8 Å². The van der Waals surface area contributed by atoms with Crippen LogP contribution in [0.2, 0.25) is 0 Å². The highest BCUT2D eigenvalue weighted by Gasteiger charge is 2.36. The first-order valence-corrected chi connectivity index (χ1v) is 7.19. The van der Waals surface area contributed by atoms with Gasteiger partial charge in [0.05, 0.1) is 19.8 Å². The maximum atomic E-state index is 6.08. The second-order valence-corrected chi connectivity index (χ2v) is 5.15. The summed E-state index contributed by atoms with van der Waals surface area (Å²) < 4.78 is 17.6. The summed E-state index contributed by atoms with van der Waals surface area (Å²) in [5.74, 6) is 0. The molecule has 0 spiro atoms. The van der Waals surface area contributed by atoms with Crippen molar-refractivity contribution in [3.63, 3.8) is 0 Å². The molecule has 3 heteroatoms. The first kappa shape index (κ1) is 14.5. The molecular weight excluding hydrogens is 240 g/mol. The van der Waals surface area contributed by atoms with E-state index in [4.69, 9.17) is 14.2 Å². The van der Waals surface area contributed by atoms with E-state index < -0.39 is 0 Å². The molecule has 1 saturated heterocycles. The van der Waals surface area contributed by atoms with Gasteiger partial charge in [0.25, 0.3) is 0 Å². The Morgan fingerprint density at radius 3 is 2.42 bits per heavy atom. The second kappa shape index (κ2) is 7.04. The number of benzene rings is 1. The fraction of sp³-hybridized carbons (Fsp3) is 0.625. The van der Waals surface area contributed by atoms with Gasteiger partial charge in [0.2, 0.25) is 0 Å². The van der Waals surface area contributed by atoms with Gasteiger partial charge >= 0.3 is 0 Å². The molecule has 0 aromatic heterocycles. The van der Waals surface area contributed by atoms with Crippen molar-refractivity contribution in [2.24, 2.45) is 0 Å². The standard InChI is InChI=1S/C16H24O3/c1-3-8-15-17-12-16(4-2,13-18-15)19-11-14-9-6-5-7-10-14/h5-7,9-10,15H,3-4,8,11-13H2,1-2H3/t15-,16+. The highest BCUT2D eigenvalue weighted by Crippen LogP contribution is 2.26. The zero-order valence-electron chi connectivity index (χ0n) is 11.9. The molecule has 0 amide bonds. The first-order valence-electron chi connectivity index (χ1n) is 7.19. The molecule has 1 aromatic carbocycles. The van der Waals surface area contributed by atoms with Crippen molar-refractivity contribution in [2.45, 2.75) is 51.6 Å². The van der Waals surface area contributed by atoms with Gasteiger partial charge in [-0.15, -0.1) is 0 Å². The fourth-order valence-electron chi connectivity index (χ4n) is 2.18. The summed E-state index contributed by atoms with van der Waals surface area (Å²) in [7, 11) is 0. The highest BCUT2D eigenvalue weighted by molar-refractivity contribution is 5.13. The van der Waals surface area contributed by atoms with Gasteiger partial charge < -0.3 is 14.2 Å². The Morgan fingerprint density at radius 1 is 1.16 bits per heavy atom. The summed E-state index contributed by atoms with van der Waals surface area (Å²) in [6.07, 6.45) is 2.89. The number of hydrogen-bond donors (Lipinski definition) is 0. The molecule has 2 rings (SSSR count). The molecule has 3 nitrogen and oxygen atoms in total. The predicted molar refractivity (Wildman–Crippen MR) is 74.9 cm³/mol. The van der Waals surface area contributed by atoms with Crippen LogP contribution >= 0.6 is 0 Å². The SMILES string of the molecule is CCC[C@H]1OC[C@@](CC)(OCc2ccccc2)CO1. The van der Waals surface area contributed by atoms with Crippen molar-refractivity contribution in [3.05, 3.63) is 35.9 Å². The van der Waals surface area contributed by atoms with Crippen molar-refractivity contribution >= 4 is 0 Å². The molecular formula is C16H24O3. The van der Waals surface area contributed by atoms with Crippen molar-refractivity contribution < 1.29 is 14.2 Å². The summed E-state index contributed by atoms with van der Waals surface area (Å²) in [6, 6.07) is 10.2. The lowest BCUT2D eigenvalue weighted by Gasteiger charge is -2.39. The van der Waals surface area contributed by atoms with Crippen LogP contribution in [0.15, 0.2) is 30.3 Å². The molecule has 19 heavy (non-hydrogen) atoms. The lowest BCUT2D eigenvalue weighted by Crippen LogP contribution is -2.48. The van der Waals surface area contributed by atoms with Crippen LogP contribution < -0.4 is 0 Å². The summed E-state index contributed by atoms with van der Waals surface area (Å²) in [6.45, 7) is 6.13. The molecule has 0 saturated carbocycles. The van der Waals surface area contributed by atoms with E-state index in [-0.39, 0.29) is 11.9 Å². The minimum Gasteiger partial charge on any atom is -0.366 e. The minimum atomic E-state index is -0.292. The smallest absolute Gasteiger partial charge is 0.157 e. The molecule has 1 aliphatic rings. The quantitative estimate of drug-likeness (QED) is 0.786. The summed E-state index contributed by atoms with van der Waals surface area (Å²) in [5, 5.41) is 0. The molecule has 1 heterocycles. The van der Waals surface area contributed by atoms with Crippen LogP contribution in [0.5, 0.6) is 0 Å². The Morgan fingerprint density at radius 2 is 1.84 bits per heavy atom. The molecule has 106 valence electrons. The fourth-order valence-corrected chi connectivity index (χ4v) is 2.18. The summed E-state index contributed by atoms with van der Waals surface area (Å²) >= 11 is 0. The van der Waals surface area contributed by atoms with E-state index in [1.165, 1.54) is 5.56 Å². The van der Waals surface area contributed by atoms with E-state index in [1.807, 2.05) is 18.2 Å². The van der Waals surface area contributed by atoms with Crippen molar-refractivity contribution in [2.75, 3.05) is 13.2 Å². The zero-order chi connectivity index (χ0) is 13.6. The minimum absolute atomic E-state index is 0.0509. The molecule has 0 bridgehead atoms. The van der Waals surface area contributed by atoms with E-state index in [9.17, 15) is 0 Å². The number of rotatable bonds is 6. The van der Waals surface area contributed by atoms with Gasteiger partial charge in [0.15, 0.2) is 6.29 Å². The molecule has 0 radical (unpaired) electrons. The lowest BCUT2D eigenvalue weighted by molar-refractivity contribution is -0.270. The number of ether oxygens (including phenoxy) is 3. The van der Waals surface area contributed by atoms with Gasteiger partial charge in [-0.2, -0.15) is 0 Å². The van der Waals surface area contributed by atoms with Gasteiger partial charge in [-0.3, -0.25) is 0 Å². The molecule has 1 aliphatic heterocycles. The number of hydrogen-bond acceptors (Lipinski definition) is 3. The van der Waals surface area contributed by atoms with Crippen LogP contribution in [-0.4, -0.2) is 25.1 Å². The predicted octanol–water partition coefficient (Wildman–Crippen LogP) is 3.53. The maximum absolute atomic E-state index is 6.08. The Kier molecular flexibility index (Phi) is 5.37. The van der Waals surface area contributed by atoms with E-state index in [2.05, 4.69) is 26.0 Å². The van der Waals surface area contributed by atoms with Crippen molar-refractivity contribution in [1.29, 1.82) is 0 Å². The zero-order valence-corrected chi connectivity index (χ0v) is 11.9. The van der Waals surface area contributed by atoms with E-state index >= 15 is 0 Å². The third kappa shape index (κ3) is 4.03. The maximum Gasteiger partial charge on any atom is 0.157 e. The van der Waals surface area contributed by atoms with Crippen LogP contribution in [0, 0.1) is 0 Å². The Hall–Kier alpha value is -0.900. The van der Waals surface area contributed by atoms with Crippen LogP contribution in [0.25, 0.3) is 0 Å². The molecule has 0 N–H and O–H groups in total. The molecule has 0 atom stereocenters. The Labute approximate surface area is 115 Å². The van der Waals surface area contributed by atoms with Crippen LogP contribution in [0.3, 0.4) is 0 Å². The molecule has 0 aliphatic carbocycles. The van der Waals surface area contributed by atoms with Gasteiger partial charge in [-0.1, -0.05) is 50.6 Å². The van der Waals surface area contributed by atoms with Crippen molar-refractivity contribution in [1.82, 2.24) is 0 Å². The van der Waals surface area contributed by atoms with Gasteiger partial charge in [-0.05, 0) is 18.4 Å². The molecule has 1 fully saturated rings. The normalized spacial score (nSPS) is 27.4. The second-order valence-electron chi connectivity index (χ2n) is 5.15. The molecule has 0 unspecified atom stereocenters. The van der Waals surface area contributed by atoms with Gasteiger partial charge in [0, 0.05) is 0 Å². The first-order chi connectivity index (χ1) is 9.28. The van der Waals surface area contributed by atoms with Gasteiger partial charge in [0.1, 0.15) is 5.60 Å². The summed E-state index contributed by atoms with van der Waals surface area (Å²) in [5.41, 5.74) is 0.895. The Balaban J connectivity index is 1.86. The van der Waals surface area contributed by atoms with Crippen LogP contribution in [0.4, 0.5) is 0 Å². The van der Waals surface area contributed by atoms with E-state index in [0.717, 1.165) is 19.3 Å². The monoisotopic (exact) mass is 264 g/mol. The average molecular weight is 264 g/mol. The average Bonchev–Trinajstić information content (AvgIpc) is 2.48. The Bertz CT molecular complexity index is 356. The van der Waals surface area contributed by atoms with E-state index in [1.54, 1.807) is 0 Å². The largest absolute Gasteiger partial charge is 0.366 e. The molecule has 1 aromatic rings. The third-order valence-corrected chi connectivity index (χ3v) is 3.62. The van der Waals surface area contributed by atoms with Crippen molar-refractivity contribution in [3.8, 4) is 0 Å². The van der Waals surface area contributed by atoms with Crippen LogP contribution in [-0.2, 0) is 20.8 Å². The van der Waals surface area contributed by atoms with Gasteiger partial charge in [-0.25, -0.2) is 0 Å². The van der Waals surface area contributed by atoms with Crippen LogP contribution in [0.1, 0.15) is 38.7 Å². The third-order valence-electron chi connectivity index (χ3n) is 3.62.